The average molecular weight is 249 g/mol. The van der Waals surface area contributed by atoms with Crippen LogP contribution in [0.5, 0.6) is 5.75 Å². The summed E-state index contributed by atoms with van der Waals surface area (Å²) >= 11 is 0. The van der Waals surface area contributed by atoms with Crippen molar-refractivity contribution in [3.63, 3.8) is 0 Å². The zero-order valence-electron chi connectivity index (χ0n) is 11.9. The highest BCUT2D eigenvalue weighted by Crippen LogP contribution is 2.30. The normalized spacial score (nSPS) is 12.6. The van der Waals surface area contributed by atoms with Gasteiger partial charge in [-0.2, -0.15) is 0 Å². The summed E-state index contributed by atoms with van der Waals surface area (Å²) in [5.41, 5.74) is 2.32. The molecule has 3 heteroatoms. The molecule has 0 heterocycles. The Labute approximate surface area is 110 Å². The number of hydrogen-bond acceptors (Lipinski definition) is 3. The van der Waals surface area contributed by atoms with E-state index in [0.717, 1.165) is 11.3 Å². The zero-order valence-corrected chi connectivity index (χ0v) is 11.9. The van der Waals surface area contributed by atoms with Gasteiger partial charge >= 0.3 is 0 Å². The summed E-state index contributed by atoms with van der Waals surface area (Å²) < 4.78 is 5.37. The molecule has 100 valence electrons. The number of benzene rings is 1. The second kappa shape index (κ2) is 6.55. The van der Waals surface area contributed by atoms with Crippen molar-refractivity contribution >= 4 is 5.78 Å². The van der Waals surface area contributed by atoms with E-state index in [1.807, 2.05) is 19.2 Å². The minimum absolute atomic E-state index is 0.0749. The molecule has 1 aromatic carbocycles. The number of Topliss-reactive ketones (excluding diaryl/α,β-unsaturated/α-hetero) is 1. The van der Waals surface area contributed by atoms with Gasteiger partial charge in [0.15, 0.2) is 0 Å². The Morgan fingerprint density at radius 2 is 2.06 bits per heavy atom. The Hall–Kier alpha value is -1.35. The van der Waals surface area contributed by atoms with E-state index in [2.05, 4.69) is 25.2 Å². The van der Waals surface area contributed by atoms with Crippen LogP contribution in [0.15, 0.2) is 18.2 Å². The van der Waals surface area contributed by atoms with Gasteiger partial charge in [-0.15, -0.1) is 0 Å². The number of ether oxygens (including phenoxy) is 1. The van der Waals surface area contributed by atoms with E-state index >= 15 is 0 Å². The number of rotatable bonds is 6. The van der Waals surface area contributed by atoms with Crippen molar-refractivity contribution in [1.29, 1.82) is 0 Å². The molecule has 0 amide bonds. The van der Waals surface area contributed by atoms with Gasteiger partial charge in [0.2, 0.25) is 0 Å². The molecule has 0 aliphatic heterocycles. The van der Waals surface area contributed by atoms with Crippen molar-refractivity contribution in [2.75, 3.05) is 14.2 Å². The largest absolute Gasteiger partial charge is 0.496 e. The van der Waals surface area contributed by atoms with Gasteiger partial charge in [0.05, 0.1) is 7.11 Å². The van der Waals surface area contributed by atoms with Crippen LogP contribution < -0.4 is 10.1 Å². The highest BCUT2D eigenvalue weighted by atomic mass is 16.5. The fourth-order valence-corrected chi connectivity index (χ4v) is 2.09. The lowest BCUT2D eigenvalue weighted by Crippen LogP contribution is -2.19. The molecule has 0 aromatic heterocycles. The van der Waals surface area contributed by atoms with Crippen LogP contribution in [-0.2, 0) is 4.79 Å². The maximum Gasteiger partial charge on any atom is 0.131 e. The smallest absolute Gasteiger partial charge is 0.131 e. The highest BCUT2D eigenvalue weighted by molar-refractivity contribution is 5.76. The van der Waals surface area contributed by atoms with Gasteiger partial charge in [-0.3, -0.25) is 4.79 Å². The van der Waals surface area contributed by atoms with Crippen LogP contribution in [0.4, 0.5) is 0 Å². The quantitative estimate of drug-likeness (QED) is 0.842. The molecule has 0 aliphatic rings. The van der Waals surface area contributed by atoms with Crippen LogP contribution in [0.3, 0.4) is 0 Å². The summed E-state index contributed by atoms with van der Waals surface area (Å²) in [5, 5.41) is 3.19. The third-order valence-corrected chi connectivity index (χ3v) is 3.12. The molecule has 18 heavy (non-hydrogen) atoms. The van der Waals surface area contributed by atoms with E-state index in [4.69, 9.17) is 4.74 Å². The summed E-state index contributed by atoms with van der Waals surface area (Å²) in [6.07, 6.45) is 0.514. The lowest BCUT2D eigenvalue weighted by molar-refractivity contribution is -0.117. The fraction of sp³-hybridized carbons (Fsp3) is 0.533. The average Bonchev–Trinajstić information content (AvgIpc) is 2.34. The first-order valence-corrected chi connectivity index (χ1v) is 6.34. The fourth-order valence-electron chi connectivity index (χ4n) is 2.09. The molecule has 0 radical (unpaired) electrons. The molecular weight excluding hydrogens is 226 g/mol. The number of ketones is 1. The maximum absolute atomic E-state index is 11.3. The lowest BCUT2D eigenvalue weighted by Gasteiger charge is -2.19. The first-order valence-electron chi connectivity index (χ1n) is 6.34. The minimum Gasteiger partial charge on any atom is -0.496 e. The Kier molecular flexibility index (Phi) is 5.35. The van der Waals surface area contributed by atoms with Gasteiger partial charge in [0, 0.05) is 12.5 Å². The molecule has 1 rings (SSSR count). The number of methoxy groups -OCH3 is 1. The molecule has 0 spiro atoms. The molecule has 1 atom stereocenters. The molecule has 0 aliphatic carbocycles. The van der Waals surface area contributed by atoms with Crippen LogP contribution in [0.2, 0.25) is 0 Å². The summed E-state index contributed by atoms with van der Waals surface area (Å²) in [7, 11) is 3.57. The summed E-state index contributed by atoms with van der Waals surface area (Å²) in [5.74, 6) is 1.50. The number of carbonyl (C=O) groups excluding carboxylic acids is 1. The second-order valence-corrected chi connectivity index (χ2v) is 4.90. The van der Waals surface area contributed by atoms with Crippen LogP contribution >= 0.6 is 0 Å². The first-order chi connectivity index (χ1) is 8.49. The van der Waals surface area contributed by atoms with Gasteiger partial charge in [0.25, 0.3) is 0 Å². The monoisotopic (exact) mass is 249 g/mol. The third kappa shape index (κ3) is 3.57. The Morgan fingerprint density at radius 3 is 2.50 bits per heavy atom. The third-order valence-electron chi connectivity index (χ3n) is 3.12. The Balaban J connectivity index is 3.09. The Bertz CT molecular complexity index is 413. The molecule has 1 unspecified atom stereocenters. The molecule has 0 fully saturated rings. The van der Waals surface area contributed by atoms with E-state index in [0.29, 0.717) is 12.3 Å². The van der Waals surface area contributed by atoms with Crippen molar-refractivity contribution < 1.29 is 9.53 Å². The second-order valence-electron chi connectivity index (χ2n) is 4.90. The number of nitrogens with one attached hydrogen (secondary N) is 1. The van der Waals surface area contributed by atoms with Crippen molar-refractivity contribution in [3.05, 3.63) is 29.3 Å². The van der Waals surface area contributed by atoms with E-state index in [-0.39, 0.29) is 11.8 Å². The summed E-state index contributed by atoms with van der Waals surface area (Å²) in [6.45, 7) is 5.90. The highest BCUT2D eigenvalue weighted by Gasteiger charge is 2.15. The van der Waals surface area contributed by atoms with Gasteiger partial charge in [0.1, 0.15) is 11.5 Å². The summed E-state index contributed by atoms with van der Waals surface area (Å²) in [4.78, 5) is 11.3. The van der Waals surface area contributed by atoms with Crippen LogP contribution in [0.1, 0.15) is 50.3 Å². The van der Waals surface area contributed by atoms with E-state index in [1.165, 1.54) is 5.56 Å². The van der Waals surface area contributed by atoms with Crippen molar-refractivity contribution in [2.45, 2.75) is 39.2 Å². The molecule has 1 N–H and O–H groups in total. The van der Waals surface area contributed by atoms with E-state index < -0.39 is 0 Å². The molecular formula is C15H23NO2. The van der Waals surface area contributed by atoms with Crippen molar-refractivity contribution in [2.24, 2.45) is 0 Å². The predicted molar refractivity (Wildman–Crippen MR) is 74.2 cm³/mol. The van der Waals surface area contributed by atoms with Crippen LogP contribution in [-0.4, -0.2) is 19.9 Å². The van der Waals surface area contributed by atoms with Crippen LogP contribution in [0, 0.1) is 0 Å². The van der Waals surface area contributed by atoms with Gasteiger partial charge in [-0.25, -0.2) is 0 Å². The minimum atomic E-state index is 0.0749. The van der Waals surface area contributed by atoms with Crippen molar-refractivity contribution in [3.8, 4) is 5.75 Å². The molecule has 0 saturated heterocycles. The first kappa shape index (κ1) is 14.7. The van der Waals surface area contributed by atoms with Gasteiger partial charge in [-0.1, -0.05) is 26.0 Å². The van der Waals surface area contributed by atoms with E-state index in [1.54, 1.807) is 14.0 Å². The molecule has 0 saturated carbocycles. The van der Waals surface area contributed by atoms with Gasteiger partial charge < -0.3 is 10.1 Å². The summed E-state index contributed by atoms with van der Waals surface area (Å²) in [6, 6.07) is 6.21. The Morgan fingerprint density at radius 1 is 1.39 bits per heavy atom. The predicted octanol–water partition coefficient (Wildman–Crippen LogP) is 3.06. The van der Waals surface area contributed by atoms with E-state index in [9.17, 15) is 4.79 Å². The number of hydrogen-bond donors (Lipinski definition) is 1. The zero-order chi connectivity index (χ0) is 13.7. The SMILES string of the molecule is CNC(CC(C)=O)c1ccc(OC)c(C(C)C)c1. The maximum atomic E-state index is 11.3. The topological polar surface area (TPSA) is 38.3 Å². The molecule has 1 aromatic rings. The standard InChI is InChI=1S/C15H23NO2/c1-10(2)13-9-12(6-7-15(13)18-5)14(16-4)8-11(3)17/h6-7,9-10,14,16H,8H2,1-5H3. The number of carbonyl (C=O) groups is 1. The molecule has 0 bridgehead atoms. The van der Waals surface area contributed by atoms with Crippen LogP contribution in [0.25, 0.3) is 0 Å². The lowest BCUT2D eigenvalue weighted by atomic mass is 9.95. The molecule has 3 nitrogen and oxygen atoms in total. The van der Waals surface area contributed by atoms with Crippen molar-refractivity contribution in [1.82, 2.24) is 5.32 Å². The van der Waals surface area contributed by atoms with Gasteiger partial charge in [-0.05, 0) is 37.1 Å².